The molecule has 0 radical (unpaired) electrons. The van der Waals surface area contributed by atoms with Crippen LogP contribution in [0, 0.1) is 0 Å². The van der Waals surface area contributed by atoms with Crippen molar-refractivity contribution in [1.82, 2.24) is 5.32 Å². The molecular weight excluding hydrogens is 270 g/mol. The van der Waals surface area contributed by atoms with Crippen LogP contribution in [0.25, 0.3) is 0 Å². The van der Waals surface area contributed by atoms with E-state index in [1.807, 2.05) is 18.2 Å². The third-order valence-electron chi connectivity index (χ3n) is 3.90. The predicted molar refractivity (Wildman–Crippen MR) is 79.5 cm³/mol. The molecule has 0 bridgehead atoms. The van der Waals surface area contributed by atoms with E-state index >= 15 is 0 Å². The van der Waals surface area contributed by atoms with Crippen LogP contribution in [-0.2, 0) is 14.9 Å². The van der Waals surface area contributed by atoms with E-state index in [1.54, 1.807) is 13.8 Å². The molecule has 6 heteroatoms. The van der Waals surface area contributed by atoms with Gasteiger partial charge in [-0.1, -0.05) is 6.07 Å². The average molecular weight is 289 g/mol. The number of anilines is 2. The van der Waals surface area contributed by atoms with Crippen LogP contribution >= 0.6 is 0 Å². The molecule has 0 aromatic heterocycles. The van der Waals surface area contributed by atoms with Crippen molar-refractivity contribution in [2.75, 3.05) is 23.7 Å². The lowest BCUT2D eigenvalue weighted by Crippen LogP contribution is -2.47. The van der Waals surface area contributed by atoms with E-state index in [0.717, 1.165) is 16.9 Å². The number of amides is 2. The summed E-state index contributed by atoms with van der Waals surface area (Å²) in [5.74, 6) is -0.0256. The Balaban J connectivity index is 1.84. The fraction of sp³-hybridized carbons (Fsp3) is 0.467. The number of ether oxygens (including phenoxy) is 1. The Morgan fingerprint density at radius 1 is 1.43 bits per heavy atom. The van der Waals surface area contributed by atoms with E-state index in [4.69, 9.17) is 4.74 Å². The minimum atomic E-state index is -0.448. The van der Waals surface area contributed by atoms with Gasteiger partial charge in [-0.2, -0.15) is 0 Å². The predicted octanol–water partition coefficient (Wildman–Crippen LogP) is 1.83. The summed E-state index contributed by atoms with van der Waals surface area (Å²) in [5.41, 5.74) is 2.53. The van der Waals surface area contributed by atoms with E-state index in [0.29, 0.717) is 19.5 Å². The lowest BCUT2D eigenvalue weighted by atomic mass is 9.76. The van der Waals surface area contributed by atoms with Crippen LogP contribution < -0.4 is 16.0 Å². The molecule has 0 saturated carbocycles. The Hall–Kier alpha value is -2.24. The summed E-state index contributed by atoms with van der Waals surface area (Å²) < 4.78 is 5.09. The molecule has 1 atom stereocenters. The lowest BCUT2D eigenvalue weighted by Gasteiger charge is -2.34. The Morgan fingerprint density at radius 2 is 2.19 bits per heavy atom. The minimum absolute atomic E-state index is 0.0256. The van der Waals surface area contributed by atoms with E-state index < -0.39 is 11.5 Å². The number of benzene rings is 1. The first-order valence-corrected chi connectivity index (χ1v) is 7.12. The van der Waals surface area contributed by atoms with Gasteiger partial charge in [-0.05, 0) is 26.0 Å². The summed E-state index contributed by atoms with van der Waals surface area (Å²) in [6.45, 7) is 4.62. The van der Waals surface area contributed by atoms with Gasteiger partial charge in [-0.25, -0.2) is 4.79 Å². The van der Waals surface area contributed by atoms with Crippen LogP contribution in [0.3, 0.4) is 0 Å². The van der Waals surface area contributed by atoms with Crippen LogP contribution in [-0.4, -0.2) is 31.2 Å². The van der Waals surface area contributed by atoms with Crippen LogP contribution in [0.5, 0.6) is 0 Å². The monoisotopic (exact) mass is 289 g/mol. The number of alkyl carbamates (subject to hydrolysis) is 1. The van der Waals surface area contributed by atoms with Gasteiger partial charge in [-0.3, -0.25) is 4.79 Å². The smallest absolute Gasteiger partial charge is 0.407 e. The van der Waals surface area contributed by atoms with Crippen molar-refractivity contribution in [2.24, 2.45) is 0 Å². The number of carbonyl (C=O) groups excluding carboxylic acids is 2. The lowest BCUT2D eigenvalue weighted by molar-refractivity contribution is -0.117. The zero-order chi connectivity index (χ0) is 15.0. The molecule has 2 heterocycles. The Morgan fingerprint density at radius 3 is 2.95 bits per heavy atom. The largest absolute Gasteiger partial charge is 0.447 e. The normalized spacial score (nSPS) is 22.3. The Labute approximate surface area is 123 Å². The summed E-state index contributed by atoms with van der Waals surface area (Å²) in [6.07, 6.45) is -0.260. The fourth-order valence-electron chi connectivity index (χ4n) is 3.09. The Kier molecular flexibility index (Phi) is 3.23. The second-order valence-electron chi connectivity index (χ2n) is 5.89. The van der Waals surface area contributed by atoms with Gasteiger partial charge in [0.25, 0.3) is 0 Å². The third-order valence-corrected chi connectivity index (χ3v) is 3.90. The molecule has 1 aromatic rings. The topological polar surface area (TPSA) is 79.5 Å². The van der Waals surface area contributed by atoms with Crippen LogP contribution in [0.1, 0.15) is 25.8 Å². The molecule has 112 valence electrons. The number of hydrogen-bond donors (Lipinski definition) is 3. The molecular formula is C15H19N3O3. The summed E-state index contributed by atoms with van der Waals surface area (Å²) in [6, 6.07) is 5.79. The first kappa shape index (κ1) is 13.7. The number of nitrogens with one attached hydrogen (secondary N) is 3. The van der Waals surface area contributed by atoms with Gasteiger partial charge in [0, 0.05) is 41.9 Å². The summed E-state index contributed by atoms with van der Waals surface area (Å²) in [5, 5.41) is 9.01. The first-order chi connectivity index (χ1) is 10.00. The van der Waals surface area contributed by atoms with E-state index in [2.05, 4.69) is 16.0 Å². The first-order valence-electron chi connectivity index (χ1n) is 7.12. The molecule has 3 N–H and O–H groups in total. The van der Waals surface area contributed by atoms with Gasteiger partial charge >= 0.3 is 6.09 Å². The van der Waals surface area contributed by atoms with Crippen molar-refractivity contribution < 1.29 is 14.3 Å². The van der Waals surface area contributed by atoms with E-state index in [9.17, 15) is 9.59 Å². The summed E-state index contributed by atoms with van der Waals surface area (Å²) in [7, 11) is 0. The molecule has 21 heavy (non-hydrogen) atoms. The second-order valence-corrected chi connectivity index (χ2v) is 5.89. The van der Waals surface area contributed by atoms with Crippen LogP contribution in [0.2, 0.25) is 0 Å². The zero-order valence-electron chi connectivity index (χ0n) is 12.2. The van der Waals surface area contributed by atoms with Crippen molar-refractivity contribution >= 4 is 23.4 Å². The molecule has 0 saturated heterocycles. The number of carbonyl (C=O) groups is 2. The molecule has 6 nitrogen and oxygen atoms in total. The molecule has 2 amide bonds. The molecule has 0 aliphatic carbocycles. The third kappa shape index (κ3) is 2.41. The quantitative estimate of drug-likeness (QED) is 0.793. The van der Waals surface area contributed by atoms with Crippen molar-refractivity contribution in [3.05, 3.63) is 23.8 Å². The van der Waals surface area contributed by atoms with Crippen molar-refractivity contribution in [1.29, 1.82) is 0 Å². The molecule has 0 spiro atoms. The highest BCUT2D eigenvalue weighted by molar-refractivity contribution is 5.98. The van der Waals surface area contributed by atoms with Crippen molar-refractivity contribution in [3.63, 3.8) is 0 Å². The number of hydrogen-bond acceptors (Lipinski definition) is 4. The maximum Gasteiger partial charge on any atom is 0.407 e. The van der Waals surface area contributed by atoms with Crippen LogP contribution in [0.4, 0.5) is 16.2 Å². The van der Waals surface area contributed by atoms with Gasteiger partial charge < -0.3 is 20.7 Å². The van der Waals surface area contributed by atoms with Gasteiger partial charge in [-0.15, -0.1) is 0 Å². The van der Waals surface area contributed by atoms with Crippen molar-refractivity contribution in [3.8, 4) is 0 Å². The van der Waals surface area contributed by atoms with E-state index in [1.165, 1.54) is 0 Å². The van der Waals surface area contributed by atoms with Crippen LogP contribution in [0.15, 0.2) is 18.2 Å². The molecule has 3 rings (SSSR count). The maximum atomic E-state index is 12.0. The van der Waals surface area contributed by atoms with Gasteiger partial charge in [0.2, 0.25) is 5.91 Å². The highest BCUT2D eigenvalue weighted by atomic mass is 16.6. The zero-order valence-corrected chi connectivity index (χ0v) is 12.2. The Bertz CT molecular complexity index is 600. The fourth-order valence-corrected chi connectivity index (χ4v) is 3.09. The molecule has 2 aliphatic rings. The molecule has 0 fully saturated rings. The number of rotatable bonds is 3. The molecule has 1 aromatic carbocycles. The highest BCUT2D eigenvalue weighted by Gasteiger charge is 2.45. The summed E-state index contributed by atoms with van der Waals surface area (Å²) in [4.78, 5) is 23.7. The summed E-state index contributed by atoms with van der Waals surface area (Å²) >= 11 is 0. The van der Waals surface area contributed by atoms with Gasteiger partial charge in [0.05, 0.1) is 6.10 Å². The van der Waals surface area contributed by atoms with Gasteiger partial charge in [0.1, 0.15) is 0 Å². The van der Waals surface area contributed by atoms with Crippen molar-refractivity contribution in [2.45, 2.75) is 31.8 Å². The average Bonchev–Trinajstić information content (AvgIpc) is 2.77. The van der Waals surface area contributed by atoms with Gasteiger partial charge in [0.15, 0.2) is 0 Å². The standard InChI is InChI=1S/C15H19N3O3/c1-9(2)21-14(20)17-8-15-6-12(19)18-11-5-3-4-10(13(11)15)16-7-15/h3-5,9,16H,6-8H2,1-2H3,(H,17,20)(H,18,19). The minimum Gasteiger partial charge on any atom is -0.447 e. The molecule has 1 unspecified atom stereocenters. The highest BCUT2D eigenvalue weighted by Crippen LogP contribution is 2.46. The molecule has 2 aliphatic heterocycles. The SMILES string of the molecule is CC(C)OC(=O)NCC12CNc3cccc(c31)NC(=O)C2. The maximum absolute atomic E-state index is 12.0. The van der Waals surface area contributed by atoms with E-state index in [-0.39, 0.29) is 12.0 Å². The second kappa shape index (κ2) is 4.95.